The molecule has 586 valence electrons. The Kier molecular flexibility index (Phi) is 44.3. The van der Waals surface area contributed by atoms with Gasteiger partial charge in [0.15, 0.2) is 34.9 Å². The van der Waals surface area contributed by atoms with Crippen LogP contribution >= 0.6 is 47.0 Å². The molecule has 2 aliphatic heterocycles. The van der Waals surface area contributed by atoms with Crippen molar-refractivity contribution in [1.82, 2.24) is 0 Å². The van der Waals surface area contributed by atoms with Gasteiger partial charge in [0.1, 0.15) is 17.3 Å². The number of aromatic hydroxyl groups is 1. The number of hydrogen-bond donors (Lipinski definition) is 2. The molecule has 8 aliphatic rings. The van der Waals surface area contributed by atoms with Crippen molar-refractivity contribution in [2.75, 3.05) is 23.0 Å². The van der Waals surface area contributed by atoms with Crippen molar-refractivity contribution < 1.29 is 75.9 Å². The number of rotatable bonds is 19. The number of unbranched alkanes of at least 4 members (excludes halogenated alkanes) is 6. The van der Waals surface area contributed by atoms with Crippen LogP contribution < -0.4 is 4.74 Å². The van der Waals surface area contributed by atoms with E-state index in [1.807, 2.05) is 5.57 Å². The van der Waals surface area contributed by atoms with Crippen LogP contribution in [0.3, 0.4) is 0 Å². The molecule has 8 fully saturated rings. The average Bonchev–Trinajstić information content (AvgIpc) is 0.813. The monoisotopic (exact) mass is 1560 g/mol. The lowest BCUT2D eigenvalue weighted by atomic mass is 9.68. The van der Waals surface area contributed by atoms with Crippen LogP contribution in [0.4, 0.5) is 48.3 Å². The third kappa shape index (κ3) is 34.1. The molecule has 10 rings (SSSR count). The van der Waals surface area contributed by atoms with Gasteiger partial charge < -0.3 is 9.84 Å². The summed E-state index contributed by atoms with van der Waals surface area (Å²) in [5, 5.41) is 8.47. The predicted molar refractivity (Wildman–Crippen MR) is 407 cm³/mol. The number of ketones is 1. The van der Waals surface area contributed by atoms with Gasteiger partial charge in [-0.3, -0.25) is 9.35 Å². The summed E-state index contributed by atoms with van der Waals surface area (Å²) in [4.78, 5) is 11.3. The van der Waals surface area contributed by atoms with Crippen molar-refractivity contribution in [2.24, 2.45) is 59.2 Å². The van der Waals surface area contributed by atoms with Crippen LogP contribution in [0.1, 0.15) is 280 Å². The SMILES string of the molecule is C.C.CCCCCC1CCC(C2CCC(=C3SCCCS3)CC2)CC1.CCCCCC1CCC(C2CCC(=O)CC2)CC1.CCCCCC1CCC(C2CCC(C(F)(F)Oc3cc(F)c(F)c(F)c3)CC2)CC1.C[Si](C)(C)C1SCCCS1.O=S(=O)(O)C(F)(F)F.Oc1cc(F)c(F)c(F)c1. The second kappa shape index (κ2) is 47.9. The van der Waals surface area contributed by atoms with E-state index in [4.69, 9.17) is 18.1 Å². The summed E-state index contributed by atoms with van der Waals surface area (Å²) in [7, 11) is -6.67. The van der Waals surface area contributed by atoms with Gasteiger partial charge in [-0.25, -0.2) is 26.3 Å². The Hall–Kier alpha value is -1.79. The lowest BCUT2D eigenvalue weighted by Gasteiger charge is -2.39. The second-order valence-corrected chi connectivity index (χ2v) is 43.2. The molecule has 2 aromatic carbocycles. The molecule has 23 heteroatoms. The number of halogens is 11. The minimum atomic E-state index is -5.84. The summed E-state index contributed by atoms with van der Waals surface area (Å²) in [5.74, 6) is 2.70. The highest BCUT2D eigenvalue weighted by Crippen LogP contribution is 2.49. The van der Waals surface area contributed by atoms with E-state index in [0.29, 0.717) is 54.7 Å². The second-order valence-electron chi connectivity index (χ2n) is 30.4. The summed E-state index contributed by atoms with van der Waals surface area (Å²) < 4.78 is 170. The molecule has 101 heavy (non-hydrogen) atoms. The zero-order valence-electron chi connectivity index (χ0n) is 60.1. The molecular weight excluding hydrogens is 1430 g/mol. The maximum atomic E-state index is 14.6. The van der Waals surface area contributed by atoms with E-state index in [2.05, 4.69) is 92.2 Å². The largest absolute Gasteiger partial charge is 0.522 e. The summed E-state index contributed by atoms with van der Waals surface area (Å²) >= 11 is 8.71. The van der Waals surface area contributed by atoms with Crippen molar-refractivity contribution in [3.8, 4) is 11.5 Å². The third-order valence-electron chi connectivity index (χ3n) is 21.8. The maximum Gasteiger partial charge on any atom is 0.522 e. The van der Waals surface area contributed by atoms with Gasteiger partial charge >= 0.3 is 21.7 Å². The van der Waals surface area contributed by atoms with Crippen LogP contribution in [0.25, 0.3) is 0 Å². The van der Waals surface area contributed by atoms with Crippen molar-refractivity contribution in [3.05, 3.63) is 69.0 Å². The first kappa shape index (κ1) is 93.4. The van der Waals surface area contributed by atoms with Crippen molar-refractivity contribution in [2.45, 2.75) is 315 Å². The molecule has 6 aliphatic carbocycles. The third-order valence-corrected chi connectivity index (χ3v) is 34.3. The molecule has 0 amide bonds. The van der Waals surface area contributed by atoms with Gasteiger partial charge in [-0.15, -0.1) is 23.5 Å². The molecule has 6 nitrogen and oxygen atoms in total. The Balaban J connectivity index is 0.000000334. The lowest BCUT2D eigenvalue weighted by Crippen LogP contribution is -2.38. The first-order valence-electron chi connectivity index (χ1n) is 37.7. The Bertz CT molecular complexity index is 2700. The minimum Gasteiger partial charge on any atom is -0.508 e. The molecule has 2 heterocycles. The fourth-order valence-corrected chi connectivity index (χ4v) is 25.6. The van der Waals surface area contributed by atoms with Crippen LogP contribution in [-0.4, -0.2) is 70.8 Å². The fraction of sp³-hybridized carbons (Fsp3) is 0.808. The van der Waals surface area contributed by atoms with Crippen LogP contribution in [0.2, 0.25) is 19.6 Å². The first-order valence-corrected chi connectivity index (χ1v) is 46.8. The lowest BCUT2D eigenvalue weighted by molar-refractivity contribution is -0.224. The standard InChI is InChI=1S/C24H33F5O.C21H36S2.C17H30O.C7H16S2Si.C6H3F3O.CHF3O3S.2CH4/c1-2-3-4-5-16-6-8-17(9-7-16)18-10-12-19(13-11-18)24(28,29)30-20-14-21(25)23(27)22(26)15-20;1-2-3-4-6-17-7-9-18(10-8-17)19-11-13-20(14-12-19)21-22-15-5-16-23-21;1-2-3-4-5-14-6-8-15(9-7-14)16-10-12-17(18)13-11-16;1-10(2,3)7-8-5-4-6-9-7;7-4-1-3(10)2-5(8)6(4)9;2-1(3,4)8(5,6)7;;/h14-19H,2-13H2,1H3;17-19H,2-16H2,1H3;14-16H,2-13H2,1H3;7H,4-6H2,1-3H3;1-2,10H;(H,5,6,7);2*1H4. The minimum absolute atomic E-state index is 0. The zero-order valence-corrected chi connectivity index (χ0v) is 65.2. The smallest absolute Gasteiger partial charge is 0.508 e. The number of allylic oxidation sites excluding steroid dienone is 1. The number of Topliss-reactive ketones (excluding diaryl/α,β-unsaturated/α-hetero) is 1. The number of thioether (sulfide) groups is 4. The van der Waals surface area contributed by atoms with E-state index < -0.39 is 82.1 Å². The number of carbonyl (C=O) groups excluding carboxylic acids is 1. The number of alkyl halides is 5. The molecule has 2 aromatic rings. The Morgan fingerprint density at radius 2 is 0.802 bits per heavy atom. The molecule has 2 saturated heterocycles. The molecule has 0 atom stereocenters. The van der Waals surface area contributed by atoms with Crippen LogP contribution in [0.15, 0.2) is 34.1 Å². The van der Waals surface area contributed by atoms with E-state index in [-0.39, 0.29) is 14.9 Å². The molecule has 0 spiro atoms. The van der Waals surface area contributed by atoms with E-state index in [0.717, 1.165) is 71.3 Å². The normalized spacial score (nSPS) is 25.6. The number of hydrogen-bond acceptors (Lipinski definition) is 9. The highest BCUT2D eigenvalue weighted by molar-refractivity contribution is 8.22. The van der Waals surface area contributed by atoms with Gasteiger partial charge in [-0.1, -0.05) is 176 Å². The van der Waals surface area contributed by atoms with Crippen molar-refractivity contribution >= 4 is 71.0 Å². The highest BCUT2D eigenvalue weighted by Gasteiger charge is 2.46. The number of benzene rings is 2. The van der Waals surface area contributed by atoms with Crippen LogP contribution in [0.5, 0.6) is 11.5 Å². The number of phenolic OH excluding ortho intramolecular Hbond substituents is 1. The van der Waals surface area contributed by atoms with Gasteiger partial charge in [0.2, 0.25) is 0 Å². The fourth-order valence-electron chi connectivity index (χ4n) is 15.9. The van der Waals surface area contributed by atoms with Gasteiger partial charge in [-0.2, -0.15) is 53.9 Å². The van der Waals surface area contributed by atoms with E-state index in [1.165, 1.54) is 203 Å². The summed E-state index contributed by atoms with van der Waals surface area (Å²) in [5.41, 5.74) is -3.70. The summed E-state index contributed by atoms with van der Waals surface area (Å²) in [6, 6.07) is 1.94. The topological polar surface area (TPSA) is 101 Å². The maximum absolute atomic E-state index is 14.6. The van der Waals surface area contributed by atoms with E-state index in [9.17, 15) is 53.1 Å². The molecular formula is C78H127F11O6S5Si. The van der Waals surface area contributed by atoms with Crippen molar-refractivity contribution in [3.63, 3.8) is 0 Å². The van der Waals surface area contributed by atoms with Crippen molar-refractivity contribution in [1.29, 1.82) is 0 Å². The van der Waals surface area contributed by atoms with E-state index >= 15 is 0 Å². The molecule has 0 unspecified atom stereocenters. The summed E-state index contributed by atoms with van der Waals surface area (Å²) in [6.07, 6.45) is 45.2. The Labute approximate surface area is 620 Å². The summed E-state index contributed by atoms with van der Waals surface area (Å²) in [6.45, 7) is 14.3. The Morgan fingerprint density at radius 3 is 1.13 bits per heavy atom. The van der Waals surface area contributed by atoms with Gasteiger partial charge in [0, 0.05) is 45.5 Å². The molecule has 6 saturated carbocycles. The molecule has 0 radical (unpaired) electrons. The van der Waals surface area contributed by atoms with Gasteiger partial charge in [0.05, 0.1) is 14.0 Å². The molecule has 0 aromatic heterocycles. The average molecular weight is 1560 g/mol. The quantitative estimate of drug-likeness (QED) is 0.0353. The zero-order chi connectivity index (χ0) is 72.8. The van der Waals surface area contributed by atoms with Gasteiger partial charge in [-0.05, 0) is 192 Å². The molecule has 0 bridgehead atoms. The van der Waals surface area contributed by atoms with E-state index in [1.54, 1.807) is 29.9 Å². The highest BCUT2D eigenvalue weighted by atomic mass is 32.2. The molecule has 2 N–H and O–H groups in total. The van der Waals surface area contributed by atoms with Gasteiger partial charge in [0.25, 0.3) is 0 Å². The van der Waals surface area contributed by atoms with Crippen LogP contribution in [-0.2, 0) is 14.9 Å². The Morgan fingerprint density at radius 1 is 0.485 bits per heavy atom. The number of ether oxygens (including phenoxy) is 1. The van der Waals surface area contributed by atoms with Crippen LogP contribution in [0, 0.1) is 94.1 Å². The number of phenols is 1. The number of carbonyl (C=O) groups is 1. The first-order chi connectivity index (χ1) is 46.9. The predicted octanol–water partition coefficient (Wildman–Crippen LogP) is 27.6.